The summed E-state index contributed by atoms with van der Waals surface area (Å²) in [5.41, 5.74) is 1.79. The Morgan fingerprint density at radius 3 is 2.52 bits per heavy atom. The van der Waals surface area contributed by atoms with Crippen LogP contribution in [0, 0.1) is 0 Å². The molecular formula is C23H27Cl3N2O2S. The second-order valence-electron chi connectivity index (χ2n) is 7.20. The van der Waals surface area contributed by atoms with Gasteiger partial charge in [0.15, 0.2) is 0 Å². The minimum atomic E-state index is -0.622. The van der Waals surface area contributed by atoms with E-state index >= 15 is 0 Å². The average molecular weight is 502 g/mol. The monoisotopic (exact) mass is 500 g/mol. The molecule has 1 unspecified atom stereocenters. The van der Waals surface area contributed by atoms with Crippen molar-refractivity contribution in [3.05, 3.63) is 68.7 Å². The number of benzene rings is 2. The molecule has 0 aliphatic rings. The van der Waals surface area contributed by atoms with E-state index in [1.807, 2.05) is 24.3 Å². The van der Waals surface area contributed by atoms with Crippen LogP contribution in [0.1, 0.15) is 37.8 Å². The van der Waals surface area contributed by atoms with Crippen molar-refractivity contribution < 1.29 is 9.59 Å². The fraction of sp³-hybridized carbons (Fsp3) is 0.391. The summed E-state index contributed by atoms with van der Waals surface area (Å²) in [7, 11) is 0. The minimum absolute atomic E-state index is 0.129. The highest BCUT2D eigenvalue weighted by atomic mass is 35.5. The summed E-state index contributed by atoms with van der Waals surface area (Å²) in [4.78, 5) is 27.3. The van der Waals surface area contributed by atoms with Crippen molar-refractivity contribution in [3.63, 3.8) is 0 Å². The number of unbranched alkanes of at least 4 members (excludes halogenated alkanes) is 1. The van der Waals surface area contributed by atoms with E-state index in [9.17, 15) is 9.59 Å². The zero-order valence-corrected chi connectivity index (χ0v) is 20.8. The topological polar surface area (TPSA) is 49.4 Å². The van der Waals surface area contributed by atoms with Crippen molar-refractivity contribution in [2.45, 2.75) is 45.0 Å². The largest absolute Gasteiger partial charge is 0.354 e. The van der Waals surface area contributed by atoms with Gasteiger partial charge in [-0.1, -0.05) is 66.3 Å². The molecule has 168 valence electrons. The predicted octanol–water partition coefficient (Wildman–Crippen LogP) is 6.21. The van der Waals surface area contributed by atoms with Crippen molar-refractivity contribution in [1.29, 1.82) is 0 Å². The Morgan fingerprint density at radius 2 is 1.84 bits per heavy atom. The van der Waals surface area contributed by atoms with Crippen molar-refractivity contribution in [3.8, 4) is 0 Å². The molecule has 0 spiro atoms. The van der Waals surface area contributed by atoms with E-state index in [1.165, 1.54) is 11.8 Å². The number of hydrogen-bond acceptors (Lipinski definition) is 3. The Bertz CT molecular complexity index is 895. The van der Waals surface area contributed by atoms with Gasteiger partial charge in [-0.25, -0.2) is 0 Å². The van der Waals surface area contributed by atoms with Crippen LogP contribution in [0.25, 0.3) is 0 Å². The van der Waals surface area contributed by atoms with Crippen LogP contribution in [0.2, 0.25) is 15.1 Å². The molecule has 0 aliphatic carbocycles. The SMILES string of the molecule is CCCCNC(=O)C(C)N(Cc1ccc(Cl)cc1Cl)C(=O)CSCc1cccc(Cl)c1. The lowest BCUT2D eigenvalue weighted by atomic mass is 10.1. The van der Waals surface area contributed by atoms with Crippen LogP contribution in [0.4, 0.5) is 0 Å². The summed E-state index contributed by atoms with van der Waals surface area (Å²) in [6, 6.07) is 12.1. The molecule has 1 N–H and O–H groups in total. The van der Waals surface area contributed by atoms with E-state index in [2.05, 4.69) is 12.2 Å². The van der Waals surface area contributed by atoms with Gasteiger partial charge in [-0.2, -0.15) is 0 Å². The normalized spacial score (nSPS) is 11.8. The fourth-order valence-corrected chi connectivity index (χ4v) is 4.46. The Balaban J connectivity index is 2.09. The predicted molar refractivity (Wildman–Crippen MR) is 132 cm³/mol. The quantitative estimate of drug-likeness (QED) is 0.372. The number of thioether (sulfide) groups is 1. The van der Waals surface area contributed by atoms with Gasteiger partial charge < -0.3 is 10.2 Å². The third kappa shape index (κ3) is 8.57. The molecule has 0 fully saturated rings. The van der Waals surface area contributed by atoms with Crippen molar-refractivity contribution in [1.82, 2.24) is 10.2 Å². The molecule has 2 rings (SSSR count). The second-order valence-corrected chi connectivity index (χ2v) is 9.47. The summed E-state index contributed by atoms with van der Waals surface area (Å²) in [6.45, 7) is 4.62. The maximum atomic E-state index is 13.1. The van der Waals surface area contributed by atoms with Crippen LogP contribution in [-0.4, -0.2) is 35.1 Å². The van der Waals surface area contributed by atoms with Crippen LogP contribution in [0.5, 0.6) is 0 Å². The Kier molecular flexibility index (Phi) is 11.0. The van der Waals surface area contributed by atoms with Crippen LogP contribution in [0.3, 0.4) is 0 Å². The molecule has 0 heterocycles. The molecule has 31 heavy (non-hydrogen) atoms. The number of carbonyl (C=O) groups is 2. The van der Waals surface area contributed by atoms with E-state index in [0.717, 1.165) is 24.0 Å². The number of nitrogens with one attached hydrogen (secondary N) is 1. The van der Waals surface area contributed by atoms with Crippen molar-refractivity contribution in [2.75, 3.05) is 12.3 Å². The summed E-state index contributed by atoms with van der Waals surface area (Å²) in [6.07, 6.45) is 1.88. The lowest BCUT2D eigenvalue weighted by Crippen LogP contribution is -2.48. The summed E-state index contributed by atoms with van der Waals surface area (Å²) in [5.74, 6) is 0.589. The van der Waals surface area contributed by atoms with Gasteiger partial charge in [-0.15, -0.1) is 11.8 Å². The van der Waals surface area contributed by atoms with Crippen molar-refractivity contribution >= 4 is 58.4 Å². The molecule has 0 saturated heterocycles. The summed E-state index contributed by atoms with van der Waals surface area (Å²) >= 11 is 19.8. The van der Waals surface area contributed by atoms with Gasteiger partial charge in [0.25, 0.3) is 0 Å². The third-order valence-electron chi connectivity index (χ3n) is 4.74. The van der Waals surface area contributed by atoms with Gasteiger partial charge >= 0.3 is 0 Å². The second kappa shape index (κ2) is 13.2. The molecule has 2 aromatic carbocycles. The molecule has 0 bridgehead atoms. The number of halogens is 3. The standard InChI is InChI=1S/C23H27Cl3N2O2S/c1-3-4-10-27-23(30)16(2)28(13-18-8-9-20(25)12-21(18)26)22(29)15-31-14-17-6-5-7-19(24)11-17/h5-9,11-12,16H,3-4,10,13-15H2,1-2H3,(H,27,30). The van der Waals surface area contributed by atoms with Gasteiger partial charge in [-0.05, 0) is 48.7 Å². The van der Waals surface area contributed by atoms with E-state index in [4.69, 9.17) is 34.8 Å². The number of hydrogen-bond donors (Lipinski definition) is 1. The lowest BCUT2D eigenvalue weighted by Gasteiger charge is -2.29. The molecule has 0 saturated carbocycles. The first-order chi connectivity index (χ1) is 14.8. The zero-order chi connectivity index (χ0) is 22.8. The molecular weight excluding hydrogens is 475 g/mol. The maximum Gasteiger partial charge on any atom is 0.242 e. The third-order valence-corrected chi connectivity index (χ3v) is 6.55. The van der Waals surface area contributed by atoms with Gasteiger partial charge in [-0.3, -0.25) is 9.59 Å². The van der Waals surface area contributed by atoms with Gasteiger partial charge in [0.2, 0.25) is 11.8 Å². The van der Waals surface area contributed by atoms with Crippen LogP contribution in [0.15, 0.2) is 42.5 Å². The molecule has 0 aromatic heterocycles. The molecule has 0 aliphatic heterocycles. The first kappa shape index (κ1) is 25.9. The van der Waals surface area contributed by atoms with Gasteiger partial charge in [0, 0.05) is 33.9 Å². The number of rotatable bonds is 11. The van der Waals surface area contributed by atoms with E-state index in [0.29, 0.717) is 27.4 Å². The van der Waals surface area contributed by atoms with Crippen LogP contribution >= 0.6 is 46.6 Å². The summed E-state index contributed by atoms with van der Waals surface area (Å²) in [5, 5.41) is 4.57. The molecule has 4 nitrogen and oxygen atoms in total. The highest BCUT2D eigenvalue weighted by Gasteiger charge is 2.26. The first-order valence-corrected chi connectivity index (χ1v) is 12.4. The average Bonchev–Trinajstić information content (AvgIpc) is 2.73. The van der Waals surface area contributed by atoms with Gasteiger partial charge in [0.1, 0.15) is 6.04 Å². The van der Waals surface area contributed by atoms with Crippen molar-refractivity contribution in [2.24, 2.45) is 0 Å². The fourth-order valence-electron chi connectivity index (χ4n) is 2.92. The smallest absolute Gasteiger partial charge is 0.242 e. The van der Waals surface area contributed by atoms with E-state index < -0.39 is 6.04 Å². The Morgan fingerprint density at radius 1 is 1.10 bits per heavy atom. The molecule has 2 aromatic rings. The number of amides is 2. The summed E-state index contributed by atoms with van der Waals surface area (Å²) < 4.78 is 0. The molecule has 2 amide bonds. The van der Waals surface area contributed by atoms with Crippen LogP contribution in [-0.2, 0) is 21.9 Å². The van der Waals surface area contributed by atoms with Crippen LogP contribution < -0.4 is 5.32 Å². The lowest BCUT2D eigenvalue weighted by molar-refractivity contribution is -0.138. The molecule has 8 heteroatoms. The highest BCUT2D eigenvalue weighted by molar-refractivity contribution is 7.99. The zero-order valence-electron chi connectivity index (χ0n) is 17.7. The molecule has 1 atom stereocenters. The Hall–Kier alpha value is -1.40. The minimum Gasteiger partial charge on any atom is -0.354 e. The van der Waals surface area contributed by atoms with E-state index in [1.54, 1.807) is 30.0 Å². The Labute approximate surface area is 203 Å². The number of carbonyl (C=O) groups excluding carboxylic acids is 2. The highest BCUT2D eigenvalue weighted by Crippen LogP contribution is 2.24. The first-order valence-electron chi connectivity index (χ1n) is 10.1. The maximum absolute atomic E-state index is 13.1. The van der Waals surface area contributed by atoms with E-state index in [-0.39, 0.29) is 24.1 Å². The van der Waals surface area contributed by atoms with Gasteiger partial charge in [0.05, 0.1) is 5.75 Å². The number of nitrogens with zero attached hydrogens (tertiary/aromatic N) is 1. The molecule has 0 radical (unpaired) electrons.